The molecule has 1 N–H and O–H groups in total. The van der Waals surface area contributed by atoms with Crippen LogP contribution in [-0.4, -0.2) is 42.5 Å². The minimum atomic E-state index is -0.577. The lowest BCUT2D eigenvalue weighted by atomic mass is 10.2. The van der Waals surface area contributed by atoms with Gasteiger partial charge in [-0.1, -0.05) is 29.8 Å². The molecule has 2 heterocycles. The smallest absolute Gasteiger partial charge is 0.348 e. The number of carbonyl (C=O) groups is 2. The second-order valence-corrected chi connectivity index (χ2v) is 8.80. The van der Waals surface area contributed by atoms with Crippen molar-refractivity contribution in [2.24, 2.45) is 0 Å². The van der Waals surface area contributed by atoms with Crippen molar-refractivity contribution in [1.29, 1.82) is 0 Å². The largest absolute Gasteiger partial charge is 0.493 e. The minimum absolute atomic E-state index is 0.391. The van der Waals surface area contributed by atoms with Crippen LogP contribution in [0.3, 0.4) is 0 Å². The van der Waals surface area contributed by atoms with Crippen molar-refractivity contribution in [3.8, 4) is 11.5 Å². The third kappa shape index (κ3) is 5.00. The first kappa shape index (κ1) is 23.6. The van der Waals surface area contributed by atoms with Crippen molar-refractivity contribution in [2.45, 2.75) is 13.5 Å². The first-order valence-corrected chi connectivity index (χ1v) is 11.5. The lowest BCUT2D eigenvalue weighted by molar-refractivity contribution is -0.119. The monoisotopic (exact) mass is 499 g/mol. The van der Waals surface area contributed by atoms with Crippen molar-refractivity contribution in [3.63, 3.8) is 0 Å². The van der Waals surface area contributed by atoms with Crippen LogP contribution in [0.1, 0.15) is 20.9 Å². The van der Waals surface area contributed by atoms with Gasteiger partial charge in [0.1, 0.15) is 9.71 Å². The number of nitrogens with one attached hydrogen (secondary N) is 1. The normalized spacial score (nSPS) is 10.8. The maximum atomic E-state index is 12.6. The Balaban J connectivity index is 1.42. The predicted octanol–water partition coefficient (Wildman–Crippen LogP) is 4.92. The van der Waals surface area contributed by atoms with Gasteiger partial charge in [0.25, 0.3) is 5.91 Å². The number of esters is 1. The molecule has 0 unspecified atom stereocenters. The Kier molecular flexibility index (Phi) is 7.04. The fraction of sp³-hybridized carbons (Fsp3) is 0.208. The summed E-state index contributed by atoms with van der Waals surface area (Å²) in [4.78, 5) is 26.1. The number of ether oxygens (including phenoxy) is 3. The highest BCUT2D eigenvalue weighted by Crippen LogP contribution is 2.31. The zero-order chi connectivity index (χ0) is 24.2. The van der Waals surface area contributed by atoms with Crippen LogP contribution in [0.4, 0.5) is 5.69 Å². The highest BCUT2D eigenvalue weighted by atomic mass is 35.5. The van der Waals surface area contributed by atoms with Crippen LogP contribution >= 0.6 is 22.9 Å². The Morgan fingerprint density at radius 3 is 2.59 bits per heavy atom. The summed E-state index contributed by atoms with van der Waals surface area (Å²) < 4.78 is 17.5. The van der Waals surface area contributed by atoms with E-state index in [0.29, 0.717) is 33.6 Å². The van der Waals surface area contributed by atoms with E-state index in [0.717, 1.165) is 21.5 Å². The maximum absolute atomic E-state index is 12.6. The lowest BCUT2D eigenvalue weighted by Crippen LogP contribution is -2.20. The van der Waals surface area contributed by atoms with Crippen molar-refractivity contribution in [1.82, 2.24) is 9.78 Å². The molecule has 0 aliphatic carbocycles. The highest BCUT2D eigenvalue weighted by molar-refractivity contribution is 7.20. The molecule has 8 nitrogen and oxygen atoms in total. The maximum Gasteiger partial charge on any atom is 0.348 e. The van der Waals surface area contributed by atoms with Crippen molar-refractivity contribution in [2.75, 3.05) is 26.1 Å². The number of aryl methyl sites for hydroxylation is 1. The molecule has 0 saturated heterocycles. The predicted molar refractivity (Wildman–Crippen MR) is 131 cm³/mol. The third-order valence-electron chi connectivity index (χ3n) is 5.09. The summed E-state index contributed by atoms with van der Waals surface area (Å²) in [5, 5.41) is 8.75. The molecular formula is C24H22ClN3O5S. The van der Waals surface area contributed by atoms with E-state index in [9.17, 15) is 9.59 Å². The molecule has 0 saturated carbocycles. The first-order valence-electron chi connectivity index (χ1n) is 10.3. The van der Waals surface area contributed by atoms with Crippen molar-refractivity contribution in [3.05, 3.63) is 69.7 Å². The molecular weight excluding hydrogens is 478 g/mol. The van der Waals surface area contributed by atoms with Crippen LogP contribution in [0.5, 0.6) is 11.5 Å². The molecule has 0 aliphatic heterocycles. The van der Waals surface area contributed by atoms with E-state index in [1.54, 1.807) is 24.3 Å². The van der Waals surface area contributed by atoms with Gasteiger partial charge in [-0.3, -0.25) is 9.48 Å². The number of rotatable bonds is 8. The second kappa shape index (κ2) is 10.1. The first-order chi connectivity index (χ1) is 16.4. The summed E-state index contributed by atoms with van der Waals surface area (Å²) in [7, 11) is 3.03. The number of thiophene rings is 1. The van der Waals surface area contributed by atoms with Gasteiger partial charge >= 0.3 is 5.97 Å². The second-order valence-electron chi connectivity index (χ2n) is 7.36. The van der Waals surface area contributed by atoms with Gasteiger partial charge in [0.15, 0.2) is 18.1 Å². The molecule has 0 atom stereocenters. The zero-order valence-corrected chi connectivity index (χ0v) is 20.3. The zero-order valence-electron chi connectivity index (χ0n) is 18.8. The van der Waals surface area contributed by atoms with E-state index in [1.807, 2.05) is 35.9 Å². The van der Waals surface area contributed by atoms with E-state index < -0.39 is 18.5 Å². The summed E-state index contributed by atoms with van der Waals surface area (Å²) in [6.07, 6.45) is 0. The molecule has 2 aromatic heterocycles. The molecule has 10 heteroatoms. The Morgan fingerprint density at radius 2 is 1.85 bits per heavy atom. The SMILES string of the molecule is COc1ccc(NC(=O)COC(=O)c2cc3c(C)nn(Cc4ccccc4Cl)c3s2)cc1OC. The number of nitrogens with zero attached hydrogens (tertiary/aromatic N) is 2. The number of fused-ring (bicyclic) bond motifs is 1. The summed E-state index contributed by atoms with van der Waals surface area (Å²) >= 11 is 7.55. The van der Waals surface area contributed by atoms with E-state index >= 15 is 0 Å². The Bertz CT molecular complexity index is 1360. The van der Waals surface area contributed by atoms with Crippen LogP contribution in [0.2, 0.25) is 5.02 Å². The Labute approximate surface area is 205 Å². The molecule has 4 aromatic rings. The molecule has 0 spiro atoms. The fourth-order valence-corrected chi connectivity index (χ4v) is 4.67. The van der Waals surface area contributed by atoms with Gasteiger partial charge in [0, 0.05) is 22.2 Å². The lowest BCUT2D eigenvalue weighted by Gasteiger charge is -2.10. The van der Waals surface area contributed by atoms with Gasteiger partial charge in [-0.15, -0.1) is 11.3 Å². The number of methoxy groups -OCH3 is 2. The summed E-state index contributed by atoms with van der Waals surface area (Å²) in [6.45, 7) is 1.93. The Morgan fingerprint density at radius 1 is 1.09 bits per heavy atom. The quantitative estimate of drug-likeness (QED) is 0.346. The van der Waals surface area contributed by atoms with Gasteiger partial charge in [0.05, 0.1) is 26.5 Å². The summed E-state index contributed by atoms with van der Waals surface area (Å²) in [6, 6.07) is 14.2. The molecule has 4 rings (SSSR count). The third-order valence-corrected chi connectivity index (χ3v) is 6.59. The van der Waals surface area contributed by atoms with Crippen molar-refractivity contribution < 1.29 is 23.8 Å². The van der Waals surface area contributed by atoms with Crippen LogP contribution < -0.4 is 14.8 Å². The molecule has 0 bridgehead atoms. The fourth-order valence-electron chi connectivity index (χ4n) is 3.42. The number of aromatic nitrogens is 2. The van der Waals surface area contributed by atoms with E-state index in [1.165, 1.54) is 25.6 Å². The van der Waals surface area contributed by atoms with Gasteiger partial charge in [0.2, 0.25) is 0 Å². The van der Waals surface area contributed by atoms with Gasteiger partial charge in [-0.2, -0.15) is 5.10 Å². The molecule has 0 radical (unpaired) electrons. The summed E-state index contributed by atoms with van der Waals surface area (Å²) in [5.41, 5.74) is 2.22. The van der Waals surface area contributed by atoms with Crippen LogP contribution in [-0.2, 0) is 16.1 Å². The van der Waals surface area contributed by atoms with Crippen LogP contribution in [0, 0.1) is 6.92 Å². The number of hydrogen-bond acceptors (Lipinski definition) is 7. The van der Waals surface area contributed by atoms with E-state index in [2.05, 4.69) is 10.4 Å². The molecule has 176 valence electrons. The topological polar surface area (TPSA) is 91.7 Å². The standard InChI is InChI=1S/C24H22ClN3O5S/c1-14-17-11-21(34-23(17)28(27-14)12-15-6-4-5-7-18(15)25)24(30)33-13-22(29)26-16-8-9-19(31-2)20(10-16)32-3/h4-11H,12-13H2,1-3H3,(H,26,29). The van der Waals surface area contributed by atoms with E-state index in [4.69, 9.17) is 25.8 Å². The molecule has 2 aromatic carbocycles. The summed E-state index contributed by atoms with van der Waals surface area (Å²) in [5.74, 6) is -0.0287. The molecule has 1 amide bonds. The average molecular weight is 500 g/mol. The number of benzene rings is 2. The number of carbonyl (C=O) groups excluding carboxylic acids is 2. The van der Waals surface area contributed by atoms with Gasteiger partial charge < -0.3 is 19.5 Å². The van der Waals surface area contributed by atoms with Crippen molar-refractivity contribution >= 4 is 50.7 Å². The van der Waals surface area contributed by atoms with E-state index in [-0.39, 0.29) is 0 Å². The minimum Gasteiger partial charge on any atom is -0.493 e. The highest BCUT2D eigenvalue weighted by Gasteiger charge is 2.19. The Hall–Kier alpha value is -3.56. The van der Waals surface area contributed by atoms with Gasteiger partial charge in [-0.25, -0.2) is 4.79 Å². The molecule has 0 fully saturated rings. The van der Waals surface area contributed by atoms with Crippen LogP contribution in [0.15, 0.2) is 48.5 Å². The number of anilines is 1. The average Bonchev–Trinajstić information content (AvgIpc) is 3.40. The number of amides is 1. The molecule has 0 aliphatic rings. The van der Waals surface area contributed by atoms with Crippen LogP contribution in [0.25, 0.3) is 10.2 Å². The molecule has 34 heavy (non-hydrogen) atoms. The van der Waals surface area contributed by atoms with Gasteiger partial charge in [-0.05, 0) is 36.8 Å². The number of halogens is 1. The number of hydrogen-bond donors (Lipinski definition) is 1.